The van der Waals surface area contributed by atoms with Crippen molar-refractivity contribution >= 4 is 24.0 Å². The maximum absolute atomic E-state index is 11.7. The van der Waals surface area contributed by atoms with Crippen molar-refractivity contribution in [2.24, 2.45) is 5.92 Å². The summed E-state index contributed by atoms with van der Waals surface area (Å²) in [7, 11) is 0. The minimum absolute atomic E-state index is 0. The van der Waals surface area contributed by atoms with Crippen LogP contribution in [0.1, 0.15) is 39.2 Å². The molecule has 2 rings (SSSR count). The molecule has 0 spiro atoms. The Labute approximate surface area is 127 Å². The number of anilines is 1. The van der Waals surface area contributed by atoms with Gasteiger partial charge in [-0.15, -0.1) is 12.4 Å². The van der Waals surface area contributed by atoms with Crippen LogP contribution in [0.3, 0.4) is 0 Å². The summed E-state index contributed by atoms with van der Waals surface area (Å²) in [6.07, 6.45) is 2.62. The molecule has 0 radical (unpaired) electrons. The van der Waals surface area contributed by atoms with E-state index in [1.807, 2.05) is 12.1 Å². The van der Waals surface area contributed by atoms with Crippen LogP contribution < -0.4 is 10.6 Å². The molecule has 1 fully saturated rings. The molecule has 2 N–H and O–H groups in total. The molecule has 1 saturated carbocycles. The minimum atomic E-state index is 0. The fraction of sp³-hybridized carbons (Fsp3) is 0.562. The Hall–Kier alpha value is -1.06. The number of benzene rings is 1. The summed E-state index contributed by atoms with van der Waals surface area (Å²) in [6, 6.07) is 8.10. The lowest BCUT2D eigenvalue weighted by atomic mass is 9.87. The SMILES string of the molecule is CC(C)(C)c1ccc(NC(=O)CNCC2CC2)cc1.Cl. The largest absolute Gasteiger partial charge is 0.325 e. The van der Waals surface area contributed by atoms with Gasteiger partial charge in [0.15, 0.2) is 0 Å². The van der Waals surface area contributed by atoms with Crippen LogP contribution in [0.15, 0.2) is 24.3 Å². The van der Waals surface area contributed by atoms with E-state index in [4.69, 9.17) is 0 Å². The highest BCUT2D eigenvalue weighted by atomic mass is 35.5. The molecule has 1 aliphatic carbocycles. The second kappa shape index (κ2) is 7.09. The molecule has 0 atom stereocenters. The van der Waals surface area contributed by atoms with Gasteiger partial charge in [0.1, 0.15) is 0 Å². The number of carbonyl (C=O) groups excluding carboxylic acids is 1. The highest BCUT2D eigenvalue weighted by Gasteiger charge is 2.20. The number of hydrogen-bond acceptors (Lipinski definition) is 2. The zero-order valence-corrected chi connectivity index (χ0v) is 13.3. The lowest BCUT2D eigenvalue weighted by Crippen LogP contribution is -2.29. The molecule has 20 heavy (non-hydrogen) atoms. The molecule has 112 valence electrons. The van der Waals surface area contributed by atoms with E-state index < -0.39 is 0 Å². The summed E-state index contributed by atoms with van der Waals surface area (Å²) in [5, 5.41) is 6.10. The molecule has 0 bridgehead atoms. The highest BCUT2D eigenvalue weighted by molar-refractivity contribution is 5.92. The first-order valence-electron chi connectivity index (χ1n) is 7.06. The predicted molar refractivity (Wildman–Crippen MR) is 86.6 cm³/mol. The Bertz CT molecular complexity index is 433. The Morgan fingerprint density at radius 3 is 2.30 bits per heavy atom. The summed E-state index contributed by atoms with van der Waals surface area (Å²) in [4.78, 5) is 11.7. The van der Waals surface area contributed by atoms with Crippen LogP contribution in [-0.4, -0.2) is 19.0 Å². The third-order valence-electron chi connectivity index (χ3n) is 3.45. The second-order valence-corrected chi connectivity index (χ2v) is 6.45. The lowest BCUT2D eigenvalue weighted by Gasteiger charge is -2.19. The first-order chi connectivity index (χ1) is 8.95. The van der Waals surface area contributed by atoms with Crippen LogP contribution in [0.2, 0.25) is 0 Å². The van der Waals surface area contributed by atoms with Crippen LogP contribution in [-0.2, 0) is 10.2 Å². The van der Waals surface area contributed by atoms with E-state index in [1.165, 1.54) is 18.4 Å². The van der Waals surface area contributed by atoms with Crippen molar-refractivity contribution < 1.29 is 4.79 Å². The molecule has 1 aromatic rings. The monoisotopic (exact) mass is 296 g/mol. The summed E-state index contributed by atoms with van der Waals surface area (Å²) >= 11 is 0. The molecule has 0 unspecified atom stereocenters. The fourth-order valence-corrected chi connectivity index (χ4v) is 1.97. The third kappa shape index (κ3) is 5.51. The third-order valence-corrected chi connectivity index (χ3v) is 3.45. The summed E-state index contributed by atoms with van der Waals surface area (Å²) in [5.41, 5.74) is 2.29. The molecule has 1 aromatic carbocycles. The van der Waals surface area contributed by atoms with E-state index in [0.29, 0.717) is 6.54 Å². The van der Waals surface area contributed by atoms with Crippen molar-refractivity contribution in [1.29, 1.82) is 0 Å². The molecule has 0 aliphatic heterocycles. The van der Waals surface area contributed by atoms with E-state index in [9.17, 15) is 4.79 Å². The smallest absolute Gasteiger partial charge is 0.238 e. The zero-order valence-electron chi connectivity index (χ0n) is 12.5. The van der Waals surface area contributed by atoms with Gasteiger partial charge in [0.25, 0.3) is 0 Å². The van der Waals surface area contributed by atoms with Gasteiger partial charge in [-0.25, -0.2) is 0 Å². The Balaban J connectivity index is 0.00000200. The van der Waals surface area contributed by atoms with Gasteiger partial charge in [-0.2, -0.15) is 0 Å². The van der Waals surface area contributed by atoms with Crippen LogP contribution in [0, 0.1) is 5.92 Å². The van der Waals surface area contributed by atoms with Gasteiger partial charge in [0.05, 0.1) is 6.54 Å². The molecule has 0 heterocycles. The van der Waals surface area contributed by atoms with Crippen molar-refractivity contribution in [3.63, 3.8) is 0 Å². The maximum Gasteiger partial charge on any atom is 0.238 e. The number of halogens is 1. The Morgan fingerprint density at radius 2 is 1.80 bits per heavy atom. The highest BCUT2D eigenvalue weighted by Crippen LogP contribution is 2.27. The van der Waals surface area contributed by atoms with Gasteiger partial charge < -0.3 is 10.6 Å². The minimum Gasteiger partial charge on any atom is -0.325 e. The van der Waals surface area contributed by atoms with Gasteiger partial charge >= 0.3 is 0 Å². The fourth-order valence-electron chi connectivity index (χ4n) is 1.97. The number of amides is 1. The molecular weight excluding hydrogens is 272 g/mol. The van der Waals surface area contributed by atoms with Gasteiger partial charge in [0.2, 0.25) is 5.91 Å². The van der Waals surface area contributed by atoms with Gasteiger partial charge in [-0.05, 0) is 48.4 Å². The van der Waals surface area contributed by atoms with Crippen LogP contribution in [0.4, 0.5) is 5.69 Å². The molecule has 1 aliphatic rings. The zero-order chi connectivity index (χ0) is 13.9. The van der Waals surface area contributed by atoms with E-state index in [0.717, 1.165) is 18.2 Å². The Kier molecular flexibility index (Phi) is 6.03. The van der Waals surface area contributed by atoms with Gasteiger partial charge in [-0.3, -0.25) is 4.79 Å². The number of hydrogen-bond donors (Lipinski definition) is 2. The summed E-state index contributed by atoms with van der Waals surface area (Å²) in [6.45, 7) is 7.92. The normalized spacial score (nSPS) is 14.6. The quantitative estimate of drug-likeness (QED) is 0.875. The van der Waals surface area contributed by atoms with Crippen LogP contribution >= 0.6 is 12.4 Å². The number of carbonyl (C=O) groups is 1. The standard InChI is InChI=1S/C16H24N2O.ClH/c1-16(2,3)13-6-8-14(9-7-13)18-15(19)11-17-10-12-4-5-12;/h6-9,12,17H,4-5,10-11H2,1-3H3,(H,18,19);1H. The second-order valence-electron chi connectivity index (χ2n) is 6.45. The number of nitrogens with one attached hydrogen (secondary N) is 2. The first-order valence-corrected chi connectivity index (χ1v) is 7.06. The molecule has 0 aromatic heterocycles. The average molecular weight is 297 g/mol. The van der Waals surface area contributed by atoms with E-state index >= 15 is 0 Å². The van der Waals surface area contributed by atoms with Crippen molar-refractivity contribution in [2.45, 2.75) is 39.0 Å². The van der Waals surface area contributed by atoms with Crippen LogP contribution in [0.5, 0.6) is 0 Å². The van der Waals surface area contributed by atoms with Gasteiger partial charge in [-0.1, -0.05) is 32.9 Å². The van der Waals surface area contributed by atoms with Gasteiger partial charge in [0, 0.05) is 5.69 Å². The van der Waals surface area contributed by atoms with Crippen molar-refractivity contribution in [3.05, 3.63) is 29.8 Å². The average Bonchev–Trinajstić information content (AvgIpc) is 3.12. The van der Waals surface area contributed by atoms with E-state index in [-0.39, 0.29) is 23.7 Å². The topological polar surface area (TPSA) is 41.1 Å². The van der Waals surface area contributed by atoms with Crippen LogP contribution in [0.25, 0.3) is 0 Å². The summed E-state index contributed by atoms with van der Waals surface area (Å²) in [5.74, 6) is 0.836. The van der Waals surface area contributed by atoms with Crippen molar-refractivity contribution in [1.82, 2.24) is 5.32 Å². The van der Waals surface area contributed by atoms with E-state index in [2.05, 4.69) is 43.5 Å². The number of rotatable bonds is 5. The van der Waals surface area contributed by atoms with E-state index in [1.54, 1.807) is 0 Å². The molecule has 3 nitrogen and oxygen atoms in total. The molecule has 0 saturated heterocycles. The first kappa shape index (κ1) is 17.0. The molecule has 4 heteroatoms. The van der Waals surface area contributed by atoms with Crippen molar-refractivity contribution in [3.8, 4) is 0 Å². The molecule has 1 amide bonds. The summed E-state index contributed by atoms with van der Waals surface area (Å²) < 4.78 is 0. The molecular formula is C16H25ClN2O. The maximum atomic E-state index is 11.7. The lowest BCUT2D eigenvalue weighted by molar-refractivity contribution is -0.115. The van der Waals surface area contributed by atoms with Crippen molar-refractivity contribution in [2.75, 3.05) is 18.4 Å². The Morgan fingerprint density at radius 1 is 1.20 bits per heavy atom. The predicted octanol–water partition coefficient (Wildman–Crippen LogP) is 3.34.